The zero-order chi connectivity index (χ0) is 20.3. The topological polar surface area (TPSA) is 76.7 Å². The smallest absolute Gasteiger partial charge is 0.210 e. The number of anilines is 1. The Balaban J connectivity index is 2.01. The van der Waals surface area contributed by atoms with E-state index in [1.165, 1.54) is 38.5 Å². The van der Waals surface area contributed by atoms with Crippen LogP contribution in [-0.2, 0) is 9.84 Å². The molecule has 0 amide bonds. The molecule has 1 fully saturated rings. The summed E-state index contributed by atoms with van der Waals surface area (Å²) < 4.78 is 64.4. The van der Waals surface area contributed by atoms with Gasteiger partial charge in [0.05, 0.1) is 30.8 Å². The molecule has 0 saturated carbocycles. The first kappa shape index (κ1) is 20.3. The Labute approximate surface area is 162 Å². The molecule has 0 aliphatic carbocycles. The molecule has 0 bridgehead atoms. The molecule has 1 saturated heterocycles. The van der Waals surface area contributed by atoms with Crippen LogP contribution in [0.15, 0.2) is 46.2 Å². The van der Waals surface area contributed by atoms with E-state index in [9.17, 15) is 17.2 Å². The lowest BCUT2D eigenvalue weighted by Gasteiger charge is -2.29. The van der Waals surface area contributed by atoms with Gasteiger partial charge < -0.3 is 20.1 Å². The standard InChI is InChI=1S/C19H22F2N2O4S/c1-26-17-6-4-13(10-16(17)23-15-7-8-22-11-14(15)21)28(24,25)19-9-12(20)3-5-18(19)27-2/h3-6,9-10,14-15,22-23H,7-8,11H2,1-2H3. The summed E-state index contributed by atoms with van der Waals surface area (Å²) in [5, 5.41) is 6.01. The van der Waals surface area contributed by atoms with Crippen molar-refractivity contribution in [3.63, 3.8) is 0 Å². The van der Waals surface area contributed by atoms with Crippen molar-refractivity contribution in [1.29, 1.82) is 0 Å². The van der Waals surface area contributed by atoms with Gasteiger partial charge in [0, 0.05) is 6.54 Å². The van der Waals surface area contributed by atoms with Gasteiger partial charge in [-0.25, -0.2) is 17.2 Å². The van der Waals surface area contributed by atoms with Gasteiger partial charge in [0.2, 0.25) is 9.84 Å². The van der Waals surface area contributed by atoms with Gasteiger partial charge in [-0.3, -0.25) is 0 Å². The van der Waals surface area contributed by atoms with Crippen molar-refractivity contribution < 1.29 is 26.7 Å². The van der Waals surface area contributed by atoms with Gasteiger partial charge in [-0.1, -0.05) is 0 Å². The van der Waals surface area contributed by atoms with Crippen LogP contribution >= 0.6 is 0 Å². The quantitative estimate of drug-likeness (QED) is 0.760. The number of hydrogen-bond acceptors (Lipinski definition) is 6. The Bertz CT molecular complexity index is 953. The summed E-state index contributed by atoms with van der Waals surface area (Å²) in [7, 11) is -1.32. The zero-order valence-corrected chi connectivity index (χ0v) is 16.4. The van der Waals surface area contributed by atoms with Crippen LogP contribution in [0.2, 0.25) is 0 Å². The summed E-state index contributed by atoms with van der Waals surface area (Å²) in [6, 6.07) is 7.03. The number of ether oxygens (including phenoxy) is 2. The van der Waals surface area contributed by atoms with Gasteiger partial charge in [-0.05, 0) is 49.4 Å². The average molecular weight is 412 g/mol. The van der Waals surface area contributed by atoms with E-state index in [1.54, 1.807) is 0 Å². The Morgan fingerprint density at radius 3 is 2.50 bits per heavy atom. The van der Waals surface area contributed by atoms with Gasteiger partial charge in [0.15, 0.2) is 0 Å². The van der Waals surface area contributed by atoms with Crippen molar-refractivity contribution in [2.24, 2.45) is 0 Å². The molecule has 1 aliphatic heterocycles. The maximum atomic E-state index is 14.2. The molecule has 2 aromatic carbocycles. The summed E-state index contributed by atoms with van der Waals surface area (Å²) in [4.78, 5) is -0.361. The van der Waals surface area contributed by atoms with E-state index in [0.717, 1.165) is 12.1 Å². The first-order valence-corrected chi connectivity index (χ1v) is 10.2. The van der Waals surface area contributed by atoms with E-state index in [1.807, 2.05) is 0 Å². The molecule has 9 heteroatoms. The summed E-state index contributed by atoms with van der Waals surface area (Å²) >= 11 is 0. The van der Waals surface area contributed by atoms with Crippen LogP contribution in [0.1, 0.15) is 6.42 Å². The highest BCUT2D eigenvalue weighted by molar-refractivity contribution is 7.91. The number of alkyl halides is 1. The van der Waals surface area contributed by atoms with E-state index >= 15 is 0 Å². The largest absolute Gasteiger partial charge is 0.495 e. The van der Waals surface area contributed by atoms with Crippen LogP contribution in [0.5, 0.6) is 11.5 Å². The summed E-state index contributed by atoms with van der Waals surface area (Å²) in [6.07, 6.45) is -0.582. The Hall–Kier alpha value is -2.39. The second-order valence-electron chi connectivity index (χ2n) is 6.42. The van der Waals surface area contributed by atoms with Crippen LogP contribution in [0.4, 0.5) is 14.5 Å². The minimum Gasteiger partial charge on any atom is -0.495 e. The zero-order valence-electron chi connectivity index (χ0n) is 15.5. The summed E-state index contributed by atoms with van der Waals surface area (Å²) in [6.45, 7) is 0.872. The fraction of sp³-hybridized carbons (Fsp3) is 0.368. The SMILES string of the molecule is COc1ccc(S(=O)(=O)c2cc(F)ccc2OC)cc1NC1CCNCC1F. The van der Waals surface area contributed by atoms with E-state index in [0.29, 0.717) is 24.4 Å². The van der Waals surface area contributed by atoms with Gasteiger partial charge >= 0.3 is 0 Å². The second kappa shape index (κ2) is 8.32. The molecule has 2 N–H and O–H groups in total. The molecule has 3 rings (SSSR count). The van der Waals surface area contributed by atoms with Crippen LogP contribution in [0.3, 0.4) is 0 Å². The Morgan fingerprint density at radius 1 is 1.11 bits per heavy atom. The molecule has 1 heterocycles. The highest BCUT2D eigenvalue weighted by Gasteiger charge is 2.27. The van der Waals surface area contributed by atoms with Crippen LogP contribution in [0.25, 0.3) is 0 Å². The number of rotatable bonds is 6. The van der Waals surface area contributed by atoms with Gasteiger partial charge in [-0.2, -0.15) is 0 Å². The van der Waals surface area contributed by atoms with Crippen LogP contribution < -0.4 is 20.1 Å². The fourth-order valence-corrected chi connectivity index (χ4v) is 4.60. The molecule has 2 atom stereocenters. The predicted octanol–water partition coefficient (Wildman–Crippen LogP) is 2.79. The number of hydrogen-bond donors (Lipinski definition) is 2. The molecule has 0 radical (unpaired) electrons. The van der Waals surface area contributed by atoms with Crippen LogP contribution in [-0.4, -0.2) is 47.9 Å². The molecule has 2 aromatic rings. The number of benzene rings is 2. The van der Waals surface area contributed by atoms with E-state index in [4.69, 9.17) is 9.47 Å². The first-order valence-electron chi connectivity index (χ1n) is 8.75. The number of methoxy groups -OCH3 is 2. The summed E-state index contributed by atoms with van der Waals surface area (Å²) in [5.41, 5.74) is 0.355. The third-order valence-electron chi connectivity index (χ3n) is 4.65. The molecule has 152 valence electrons. The lowest BCUT2D eigenvalue weighted by Crippen LogP contribution is -2.45. The van der Waals surface area contributed by atoms with Crippen molar-refractivity contribution in [1.82, 2.24) is 5.32 Å². The molecule has 0 spiro atoms. The molecule has 0 aromatic heterocycles. The normalized spacial score (nSPS) is 19.9. The van der Waals surface area contributed by atoms with Crippen molar-refractivity contribution >= 4 is 15.5 Å². The number of nitrogens with one attached hydrogen (secondary N) is 2. The fourth-order valence-electron chi connectivity index (χ4n) is 3.14. The van der Waals surface area contributed by atoms with Gasteiger partial charge in [0.1, 0.15) is 28.4 Å². The molecular formula is C19H22F2N2O4S. The predicted molar refractivity (Wildman–Crippen MR) is 101 cm³/mol. The second-order valence-corrected chi connectivity index (χ2v) is 8.34. The third kappa shape index (κ3) is 4.05. The van der Waals surface area contributed by atoms with Crippen LogP contribution in [0, 0.1) is 5.82 Å². The van der Waals surface area contributed by atoms with E-state index < -0.39 is 27.9 Å². The molecule has 1 aliphatic rings. The van der Waals surface area contributed by atoms with E-state index in [2.05, 4.69) is 10.6 Å². The Kier molecular flexibility index (Phi) is 6.04. The minimum atomic E-state index is -4.07. The lowest BCUT2D eigenvalue weighted by atomic mass is 10.0. The highest BCUT2D eigenvalue weighted by atomic mass is 32.2. The first-order chi connectivity index (χ1) is 13.4. The molecule has 28 heavy (non-hydrogen) atoms. The number of piperidine rings is 1. The van der Waals surface area contributed by atoms with Crippen molar-refractivity contribution in [2.45, 2.75) is 28.4 Å². The Morgan fingerprint density at radius 2 is 1.82 bits per heavy atom. The average Bonchev–Trinajstić information content (AvgIpc) is 2.69. The van der Waals surface area contributed by atoms with Crippen molar-refractivity contribution in [3.8, 4) is 11.5 Å². The number of halogens is 2. The maximum absolute atomic E-state index is 14.2. The summed E-state index contributed by atoms with van der Waals surface area (Å²) in [5.74, 6) is -0.272. The van der Waals surface area contributed by atoms with Gasteiger partial charge in [-0.15, -0.1) is 0 Å². The van der Waals surface area contributed by atoms with Crippen molar-refractivity contribution in [3.05, 3.63) is 42.2 Å². The molecule has 6 nitrogen and oxygen atoms in total. The minimum absolute atomic E-state index is 0.0360. The maximum Gasteiger partial charge on any atom is 0.210 e. The lowest BCUT2D eigenvalue weighted by molar-refractivity contribution is 0.244. The highest BCUT2D eigenvalue weighted by Crippen LogP contribution is 2.35. The van der Waals surface area contributed by atoms with Gasteiger partial charge in [0.25, 0.3) is 0 Å². The third-order valence-corrected chi connectivity index (χ3v) is 6.42. The monoisotopic (exact) mass is 412 g/mol. The van der Waals surface area contributed by atoms with Crippen molar-refractivity contribution in [2.75, 3.05) is 32.6 Å². The molecule has 2 unspecified atom stereocenters. The number of sulfone groups is 1. The molecular weight excluding hydrogens is 390 g/mol. The van der Waals surface area contributed by atoms with E-state index in [-0.39, 0.29) is 22.1 Å².